The van der Waals surface area contributed by atoms with E-state index in [0.717, 1.165) is 34.3 Å². The minimum absolute atomic E-state index is 0.450. The average Bonchev–Trinajstić information content (AvgIpc) is 3.52. The van der Waals surface area contributed by atoms with Crippen LogP contribution in [0, 0.1) is 0 Å². The molecule has 0 unspecified atom stereocenters. The number of methoxy groups -OCH3 is 1. The van der Waals surface area contributed by atoms with E-state index in [0.29, 0.717) is 12.5 Å². The Hall–Kier alpha value is -4.14. The summed E-state index contributed by atoms with van der Waals surface area (Å²) in [5.41, 5.74) is 3.00. The Bertz CT molecular complexity index is 1260. The lowest BCUT2D eigenvalue weighted by molar-refractivity contribution is 0.414. The number of nitrogens with zero attached hydrogens (tertiary/aromatic N) is 8. The van der Waals surface area contributed by atoms with Crippen LogP contribution in [0.25, 0.3) is 11.4 Å². The van der Waals surface area contributed by atoms with Gasteiger partial charge in [-0.2, -0.15) is 0 Å². The molecule has 9 nitrogen and oxygen atoms in total. The molecule has 0 aliphatic carbocycles. The SMILES string of the molecule is COc1cccc(-n2cc(N3CN=C4c5ccccc5-n5cncc5N43)nn2)c1. The standard InChI is InChI=1S/C20H16N8O/c1-29-15-6-4-5-14(9-15)26-11-18(23-24-26)27-13-22-20-16-7-2-3-8-17(16)25-12-21-10-19(25)28(20)27/h2-12H,13H2,1H3. The fourth-order valence-electron chi connectivity index (χ4n) is 3.74. The van der Waals surface area contributed by atoms with Crippen molar-refractivity contribution in [3.05, 3.63) is 72.8 Å². The number of para-hydroxylation sites is 1. The summed E-state index contributed by atoms with van der Waals surface area (Å²) in [5, 5.41) is 12.7. The van der Waals surface area contributed by atoms with Crippen LogP contribution in [-0.2, 0) is 0 Å². The summed E-state index contributed by atoms with van der Waals surface area (Å²) < 4.78 is 9.09. The van der Waals surface area contributed by atoms with Crippen molar-refractivity contribution in [2.24, 2.45) is 4.99 Å². The number of rotatable bonds is 3. The van der Waals surface area contributed by atoms with Gasteiger partial charge in [-0.1, -0.05) is 23.4 Å². The summed E-state index contributed by atoms with van der Waals surface area (Å²) in [6, 6.07) is 15.9. The van der Waals surface area contributed by atoms with E-state index in [1.54, 1.807) is 11.8 Å². The predicted octanol–water partition coefficient (Wildman–Crippen LogP) is 2.42. The summed E-state index contributed by atoms with van der Waals surface area (Å²) in [5.74, 6) is 3.25. The number of amidine groups is 1. The lowest BCUT2D eigenvalue weighted by atomic mass is 10.1. The normalized spacial score (nSPS) is 14.3. The Balaban J connectivity index is 1.40. The van der Waals surface area contributed by atoms with Crippen LogP contribution in [-0.4, -0.2) is 44.2 Å². The highest BCUT2D eigenvalue weighted by atomic mass is 16.5. The van der Waals surface area contributed by atoms with Crippen molar-refractivity contribution in [2.45, 2.75) is 0 Å². The second-order valence-corrected chi connectivity index (χ2v) is 6.70. The van der Waals surface area contributed by atoms with Gasteiger partial charge in [0.05, 0.1) is 30.9 Å². The molecule has 0 fully saturated rings. The minimum atomic E-state index is 0.450. The first-order valence-corrected chi connectivity index (χ1v) is 9.14. The quantitative estimate of drug-likeness (QED) is 0.540. The predicted molar refractivity (Wildman–Crippen MR) is 108 cm³/mol. The van der Waals surface area contributed by atoms with Crippen LogP contribution in [0.2, 0.25) is 0 Å². The summed E-state index contributed by atoms with van der Waals surface area (Å²) in [7, 11) is 1.65. The molecule has 2 aliphatic heterocycles. The highest BCUT2D eigenvalue weighted by molar-refractivity contribution is 6.16. The third-order valence-corrected chi connectivity index (χ3v) is 5.10. The number of imidazole rings is 1. The van der Waals surface area contributed by atoms with Crippen molar-refractivity contribution in [3.8, 4) is 17.1 Å². The Morgan fingerprint density at radius 1 is 1.07 bits per heavy atom. The lowest BCUT2D eigenvalue weighted by Gasteiger charge is -2.33. The van der Waals surface area contributed by atoms with E-state index in [4.69, 9.17) is 9.73 Å². The molecular formula is C20H16N8O. The number of anilines is 2. The molecule has 0 radical (unpaired) electrons. The van der Waals surface area contributed by atoms with Crippen molar-refractivity contribution in [1.29, 1.82) is 0 Å². The first-order chi connectivity index (χ1) is 14.3. The third kappa shape index (κ3) is 2.27. The number of aliphatic imine (C=N–C) groups is 1. The molecule has 0 amide bonds. The maximum Gasteiger partial charge on any atom is 0.192 e. The van der Waals surface area contributed by atoms with Crippen molar-refractivity contribution in [1.82, 2.24) is 24.5 Å². The summed E-state index contributed by atoms with van der Waals surface area (Å²) >= 11 is 0. The smallest absolute Gasteiger partial charge is 0.192 e. The molecule has 0 atom stereocenters. The average molecular weight is 384 g/mol. The van der Waals surface area contributed by atoms with Crippen LogP contribution in [0.1, 0.15) is 5.56 Å². The van der Waals surface area contributed by atoms with Crippen LogP contribution in [0.3, 0.4) is 0 Å². The maximum atomic E-state index is 5.31. The molecule has 0 saturated carbocycles. The fraction of sp³-hybridized carbons (Fsp3) is 0.100. The third-order valence-electron chi connectivity index (χ3n) is 5.10. The van der Waals surface area contributed by atoms with E-state index in [1.807, 2.05) is 65.1 Å². The number of hydrogen-bond acceptors (Lipinski definition) is 7. The zero-order valence-corrected chi connectivity index (χ0v) is 15.5. The van der Waals surface area contributed by atoms with Crippen molar-refractivity contribution in [3.63, 3.8) is 0 Å². The van der Waals surface area contributed by atoms with E-state index >= 15 is 0 Å². The molecular weight excluding hydrogens is 368 g/mol. The number of hydrogen-bond donors (Lipinski definition) is 0. The Morgan fingerprint density at radius 2 is 2.00 bits per heavy atom. The molecule has 4 aromatic rings. The first-order valence-electron chi connectivity index (χ1n) is 9.14. The van der Waals surface area contributed by atoms with Gasteiger partial charge >= 0.3 is 0 Å². The van der Waals surface area contributed by atoms with Gasteiger partial charge in [0.2, 0.25) is 0 Å². The van der Waals surface area contributed by atoms with Gasteiger partial charge in [0.15, 0.2) is 17.5 Å². The molecule has 0 spiro atoms. The van der Waals surface area contributed by atoms with E-state index < -0.39 is 0 Å². The lowest BCUT2D eigenvalue weighted by Crippen LogP contribution is -2.45. The van der Waals surface area contributed by atoms with Gasteiger partial charge in [-0.25, -0.2) is 24.7 Å². The zero-order valence-electron chi connectivity index (χ0n) is 15.5. The van der Waals surface area contributed by atoms with E-state index in [9.17, 15) is 0 Å². The molecule has 0 N–H and O–H groups in total. The molecule has 6 rings (SSSR count). The molecule has 2 aliphatic rings. The maximum absolute atomic E-state index is 5.31. The summed E-state index contributed by atoms with van der Waals surface area (Å²) in [6.45, 7) is 0.450. The molecule has 0 bridgehead atoms. The monoisotopic (exact) mass is 384 g/mol. The number of ether oxygens (including phenoxy) is 1. The van der Waals surface area contributed by atoms with Crippen LogP contribution in [0.5, 0.6) is 5.75 Å². The molecule has 9 heteroatoms. The largest absolute Gasteiger partial charge is 0.497 e. The molecule has 2 aromatic carbocycles. The Morgan fingerprint density at radius 3 is 2.93 bits per heavy atom. The Kier molecular flexibility index (Phi) is 3.25. The Labute approximate surface area is 166 Å². The van der Waals surface area contributed by atoms with E-state index in [1.165, 1.54) is 0 Å². The van der Waals surface area contributed by atoms with Gasteiger partial charge in [0.1, 0.15) is 18.7 Å². The minimum Gasteiger partial charge on any atom is -0.497 e. The molecule has 29 heavy (non-hydrogen) atoms. The van der Waals surface area contributed by atoms with E-state index in [2.05, 4.69) is 32.0 Å². The van der Waals surface area contributed by atoms with Crippen molar-refractivity contribution < 1.29 is 4.74 Å². The summed E-state index contributed by atoms with van der Waals surface area (Å²) in [6.07, 6.45) is 5.53. The van der Waals surface area contributed by atoms with E-state index in [-0.39, 0.29) is 0 Å². The van der Waals surface area contributed by atoms with Crippen LogP contribution in [0.15, 0.2) is 72.2 Å². The molecule has 0 saturated heterocycles. The highest BCUT2D eigenvalue weighted by Crippen LogP contribution is 2.35. The fourth-order valence-corrected chi connectivity index (χ4v) is 3.74. The van der Waals surface area contributed by atoms with Gasteiger partial charge in [-0.05, 0) is 24.3 Å². The number of fused-ring (bicyclic) bond motifs is 6. The first kappa shape index (κ1) is 15.9. The molecule has 4 heterocycles. The number of aromatic nitrogens is 5. The van der Waals surface area contributed by atoms with Gasteiger partial charge in [0, 0.05) is 11.6 Å². The van der Waals surface area contributed by atoms with Crippen LogP contribution < -0.4 is 14.8 Å². The van der Waals surface area contributed by atoms with Gasteiger partial charge in [-0.15, -0.1) is 5.10 Å². The topological polar surface area (TPSA) is 76.6 Å². The van der Waals surface area contributed by atoms with Gasteiger partial charge in [-0.3, -0.25) is 4.57 Å². The van der Waals surface area contributed by atoms with Crippen molar-refractivity contribution >= 4 is 17.5 Å². The number of hydrazine groups is 1. The van der Waals surface area contributed by atoms with Crippen LogP contribution >= 0.6 is 0 Å². The molecule has 2 aromatic heterocycles. The molecule has 142 valence electrons. The second kappa shape index (κ2) is 5.93. The van der Waals surface area contributed by atoms with Gasteiger partial charge in [0.25, 0.3) is 0 Å². The highest BCUT2D eigenvalue weighted by Gasteiger charge is 2.37. The van der Waals surface area contributed by atoms with Gasteiger partial charge < -0.3 is 4.74 Å². The number of benzene rings is 2. The zero-order chi connectivity index (χ0) is 19.4. The summed E-state index contributed by atoms with van der Waals surface area (Å²) in [4.78, 5) is 9.12. The second-order valence-electron chi connectivity index (χ2n) is 6.70. The van der Waals surface area contributed by atoms with Crippen molar-refractivity contribution in [2.75, 3.05) is 23.8 Å². The van der Waals surface area contributed by atoms with Crippen LogP contribution in [0.4, 0.5) is 11.6 Å².